The molecule has 2 aliphatic carbocycles. The number of nitrogens with zero attached hydrogens (tertiary/aromatic N) is 1. The van der Waals surface area contributed by atoms with Gasteiger partial charge in [-0.1, -0.05) is 60.8 Å². The number of hydrogen-bond donors (Lipinski definition) is 2. The Balaban J connectivity index is 1.72. The average Bonchev–Trinajstić information content (AvgIpc) is 3.16. The number of nitrogens with one attached hydrogen (secondary N) is 1. The van der Waals surface area contributed by atoms with E-state index in [4.69, 9.17) is 4.99 Å². The highest BCUT2D eigenvalue weighted by atomic mass is 32.1. The maximum absolute atomic E-state index is 13.5. The summed E-state index contributed by atoms with van der Waals surface area (Å²) in [4.78, 5) is 19.7. The van der Waals surface area contributed by atoms with Crippen LogP contribution in [0.15, 0.2) is 17.1 Å². The van der Waals surface area contributed by atoms with Crippen LogP contribution in [0.2, 0.25) is 0 Å². The van der Waals surface area contributed by atoms with Crippen LogP contribution in [-0.4, -0.2) is 23.3 Å². The van der Waals surface area contributed by atoms with Crippen molar-refractivity contribution < 1.29 is 9.90 Å². The molecule has 2 aromatic rings. The molecule has 0 radical (unpaired) electrons. The molecule has 0 saturated heterocycles. The Morgan fingerprint density at radius 2 is 1.57 bits per heavy atom. The molecule has 1 heterocycles. The summed E-state index contributed by atoms with van der Waals surface area (Å²) in [6.07, 6.45) is 12.0. The number of fused-ring (bicyclic) bond motifs is 1. The second-order valence-corrected chi connectivity index (χ2v) is 13.5. The van der Waals surface area contributed by atoms with Crippen molar-refractivity contribution in [3.05, 3.63) is 44.8 Å². The van der Waals surface area contributed by atoms with Crippen molar-refractivity contribution in [2.24, 2.45) is 4.99 Å². The topological polar surface area (TPSA) is 61.7 Å². The van der Waals surface area contributed by atoms with Gasteiger partial charge in [0.1, 0.15) is 10.8 Å². The van der Waals surface area contributed by atoms with Gasteiger partial charge in [-0.2, -0.15) is 0 Å². The van der Waals surface area contributed by atoms with Gasteiger partial charge in [-0.3, -0.25) is 4.79 Å². The van der Waals surface area contributed by atoms with Crippen LogP contribution in [0.1, 0.15) is 124 Å². The van der Waals surface area contributed by atoms with E-state index >= 15 is 0 Å². The van der Waals surface area contributed by atoms with Crippen LogP contribution in [0.4, 0.5) is 5.00 Å². The van der Waals surface area contributed by atoms with E-state index in [1.807, 2.05) is 18.3 Å². The minimum absolute atomic E-state index is 0.0555. The number of phenolic OH excluding ortho intramolecular Hbond substituents is 1. The highest BCUT2D eigenvalue weighted by Crippen LogP contribution is 2.42. The van der Waals surface area contributed by atoms with Crippen molar-refractivity contribution >= 4 is 28.5 Å². The number of aromatic hydroxyl groups is 1. The normalized spacial score (nSPS) is 17.5. The maximum Gasteiger partial charge on any atom is 0.254 e. The number of aryl methyl sites for hydroxylation is 1. The van der Waals surface area contributed by atoms with E-state index in [-0.39, 0.29) is 22.8 Å². The van der Waals surface area contributed by atoms with Gasteiger partial charge in [0, 0.05) is 28.3 Å². The van der Waals surface area contributed by atoms with E-state index in [9.17, 15) is 9.90 Å². The molecule has 2 N–H and O–H groups in total. The van der Waals surface area contributed by atoms with Gasteiger partial charge >= 0.3 is 0 Å². The van der Waals surface area contributed by atoms with Crippen LogP contribution in [0, 0.1) is 0 Å². The first-order valence-electron chi connectivity index (χ1n) is 13.3. The first-order chi connectivity index (χ1) is 16.4. The lowest BCUT2D eigenvalue weighted by Gasteiger charge is -2.27. The van der Waals surface area contributed by atoms with Crippen molar-refractivity contribution in [1.82, 2.24) is 5.32 Å². The highest BCUT2D eigenvalue weighted by molar-refractivity contribution is 7.16. The van der Waals surface area contributed by atoms with Gasteiger partial charge in [0.15, 0.2) is 0 Å². The molecule has 1 saturated carbocycles. The Hall–Kier alpha value is -2.14. The van der Waals surface area contributed by atoms with Crippen molar-refractivity contribution in [3.8, 4) is 5.75 Å². The molecule has 0 spiro atoms. The number of aliphatic imine (C=N–C) groups is 1. The lowest BCUT2D eigenvalue weighted by molar-refractivity contribution is 0.0927. The molecule has 1 aromatic heterocycles. The largest absolute Gasteiger partial charge is 0.507 e. The fourth-order valence-electron chi connectivity index (χ4n) is 5.39. The molecule has 0 bridgehead atoms. The Morgan fingerprint density at radius 3 is 2.17 bits per heavy atom. The number of phenols is 1. The number of benzene rings is 1. The Labute approximate surface area is 215 Å². The summed E-state index contributed by atoms with van der Waals surface area (Å²) in [5.74, 6) is 0.432. The number of amides is 1. The molecule has 4 nitrogen and oxygen atoms in total. The van der Waals surface area contributed by atoms with Crippen LogP contribution in [0.5, 0.6) is 5.75 Å². The quantitative estimate of drug-likeness (QED) is 0.427. The predicted molar refractivity (Wildman–Crippen MR) is 148 cm³/mol. The van der Waals surface area contributed by atoms with Crippen LogP contribution in [0.25, 0.3) is 0 Å². The lowest BCUT2D eigenvalue weighted by Crippen LogP contribution is -2.36. The molecule has 0 atom stereocenters. The minimum atomic E-state index is -0.193. The lowest BCUT2D eigenvalue weighted by atomic mass is 9.78. The van der Waals surface area contributed by atoms with Crippen LogP contribution < -0.4 is 5.32 Å². The third kappa shape index (κ3) is 5.82. The van der Waals surface area contributed by atoms with Gasteiger partial charge in [-0.15, -0.1) is 11.3 Å². The Morgan fingerprint density at radius 1 is 0.971 bits per heavy atom. The summed E-state index contributed by atoms with van der Waals surface area (Å²) < 4.78 is 0. The summed E-state index contributed by atoms with van der Waals surface area (Å²) in [5.41, 5.74) is 4.44. The molecule has 5 heteroatoms. The second-order valence-electron chi connectivity index (χ2n) is 12.4. The van der Waals surface area contributed by atoms with Crippen molar-refractivity contribution in [3.63, 3.8) is 0 Å². The van der Waals surface area contributed by atoms with E-state index in [1.165, 1.54) is 36.1 Å². The van der Waals surface area contributed by atoms with Gasteiger partial charge in [0.2, 0.25) is 0 Å². The fraction of sp³-hybridized carbons (Fsp3) is 0.600. The smallest absolute Gasteiger partial charge is 0.254 e. The molecule has 2 aliphatic rings. The van der Waals surface area contributed by atoms with Crippen molar-refractivity contribution in [1.29, 1.82) is 0 Å². The molecule has 1 fully saturated rings. The zero-order chi connectivity index (χ0) is 25.4. The number of hydrogen-bond acceptors (Lipinski definition) is 4. The third-order valence-electron chi connectivity index (χ3n) is 7.40. The van der Waals surface area contributed by atoms with Gasteiger partial charge in [0.25, 0.3) is 5.91 Å². The number of carbonyl (C=O) groups is 1. The third-order valence-corrected chi connectivity index (χ3v) is 8.60. The molecule has 4 rings (SSSR count). The van der Waals surface area contributed by atoms with Gasteiger partial charge in [-0.25, -0.2) is 4.99 Å². The predicted octanol–water partition coefficient (Wildman–Crippen LogP) is 7.74. The van der Waals surface area contributed by atoms with E-state index in [0.717, 1.165) is 59.4 Å². The minimum Gasteiger partial charge on any atom is -0.507 e. The average molecular weight is 495 g/mol. The highest BCUT2D eigenvalue weighted by Gasteiger charge is 2.28. The van der Waals surface area contributed by atoms with Crippen LogP contribution in [0.3, 0.4) is 0 Å². The van der Waals surface area contributed by atoms with Gasteiger partial charge in [-0.05, 0) is 72.6 Å². The number of carbonyl (C=O) groups excluding carboxylic acids is 1. The summed E-state index contributed by atoms with van der Waals surface area (Å²) in [6.45, 7) is 12.7. The SMILES string of the molecule is CC(C)(C)c1cc(/C=N/c2sc3c(c2C(=O)NC2CCCCC2)CCCC3)cc(C(C)(C)C)c1O. The summed E-state index contributed by atoms with van der Waals surface area (Å²) in [6, 6.07) is 4.38. The summed E-state index contributed by atoms with van der Waals surface area (Å²) in [5, 5.41) is 15.2. The summed E-state index contributed by atoms with van der Waals surface area (Å²) >= 11 is 1.69. The van der Waals surface area contributed by atoms with Crippen LogP contribution >= 0.6 is 11.3 Å². The van der Waals surface area contributed by atoms with Gasteiger partial charge < -0.3 is 10.4 Å². The number of rotatable bonds is 4. The van der Waals surface area contributed by atoms with E-state index in [2.05, 4.69) is 46.9 Å². The molecule has 0 aliphatic heterocycles. The van der Waals surface area contributed by atoms with E-state index < -0.39 is 0 Å². The zero-order valence-corrected chi connectivity index (χ0v) is 23.2. The molecule has 35 heavy (non-hydrogen) atoms. The molecular formula is C30H42N2O2S. The van der Waals surface area contributed by atoms with Gasteiger partial charge in [0.05, 0.1) is 5.56 Å². The van der Waals surface area contributed by atoms with E-state index in [0.29, 0.717) is 5.75 Å². The molecule has 1 amide bonds. The molecule has 0 unspecified atom stereocenters. The van der Waals surface area contributed by atoms with Crippen LogP contribution in [-0.2, 0) is 23.7 Å². The standard InChI is InChI=1S/C30H42N2O2S/c1-29(2,3)22-16-19(17-23(26(22)33)30(4,5)6)18-31-28-25(21-14-10-11-15-24(21)35-28)27(34)32-20-12-8-7-9-13-20/h16-18,20,33H,7-15H2,1-6H3,(H,32,34)/b31-18+. The first kappa shape index (κ1) is 25.9. The number of thiophene rings is 1. The summed E-state index contributed by atoms with van der Waals surface area (Å²) in [7, 11) is 0. The second kappa shape index (κ2) is 10.1. The van der Waals surface area contributed by atoms with E-state index in [1.54, 1.807) is 11.3 Å². The fourth-order valence-corrected chi connectivity index (χ4v) is 6.62. The Bertz CT molecular complexity index is 1070. The monoisotopic (exact) mass is 494 g/mol. The maximum atomic E-state index is 13.5. The Kier molecular flexibility index (Phi) is 7.47. The molecule has 190 valence electrons. The van der Waals surface area contributed by atoms with Crippen molar-refractivity contribution in [2.75, 3.05) is 0 Å². The van der Waals surface area contributed by atoms with Crippen molar-refractivity contribution in [2.45, 2.75) is 116 Å². The first-order valence-corrected chi connectivity index (χ1v) is 14.1. The molecular weight excluding hydrogens is 452 g/mol. The molecule has 1 aromatic carbocycles. The zero-order valence-electron chi connectivity index (χ0n) is 22.4.